The smallest absolute Gasteiger partial charge is 0.200 e. The van der Waals surface area contributed by atoms with Crippen molar-refractivity contribution in [3.8, 4) is 0 Å². The summed E-state index contributed by atoms with van der Waals surface area (Å²) in [6.07, 6.45) is 5.74. The van der Waals surface area contributed by atoms with E-state index < -0.39 is 0 Å². The molecule has 0 saturated heterocycles. The fourth-order valence-electron chi connectivity index (χ4n) is 1.99. The molecule has 0 aliphatic heterocycles. The van der Waals surface area contributed by atoms with Crippen molar-refractivity contribution in [3.63, 3.8) is 0 Å². The summed E-state index contributed by atoms with van der Waals surface area (Å²) in [7, 11) is 0. The van der Waals surface area contributed by atoms with Crippen LogP contribution < -0.4 is 0 Å². The largest absolute Gasteiger partial charge is 0.288 e. The summed E-state index contributed by atoms with van der Waals surface area (Å²) in [6.45, 7) is 0. The van der Waals surface area contributed by atoms with Gasteiger partial charge in [-0.2, -0.15) is 0 Å². The van der Waals surface area contributed by atoms with Crippen LogP contribution in [0.1, 0.15) is 11.1 Å². The van der Waals surface area contributed by atoms with Gasteiger partial charge in [-0.25, -0.2) is 0 Å². The highest BCUT2D eigenvalue weighted by atomic mass is 79.9. The van der Waals surface area contributed by atoms with Crippen LogP contribution in [0.3, 0.4) is 0 Å². The standard InChI is InChI=1S/C13H6Br2O/c14-8-2-1-7-5-11-9(10(7)6-8)3-4-12(15)13(11)16/h1-6H. The minimum atomic E-state index is 0.0600. The Morgan fingerprint density at radius 3 is 2.62 bits per heavy atom. The first kappa shape index (κ1) is 10.2. The summed E-state index contributed by atoms with van der Waals surface area (Å²) in [4.78, 5) is 11.9. The monoisotopic (exact) mass is 336 g/mol. The molecule has 0 fully saturated rings. The highest BCUT2D eigenvalue weighted by Gasteiger charge is 2.27. The summed E-state index contributed by atoms with van der Waals surface area (Å²) < 4.78 is 1.65. The second-order valence-electron chi connectivity index (χ2n) is 3.71. The van der Waals surface area contributed by atoms with Gasteiger partial charge in [0.2, 0.25) is 5.78 Å². The highest BCUT2D eigenvalue weighted by molar-refractivity contribution is 9.12. The molecule has 78 valence electrons. The number of hydrogen-bond acceptors (Lipinski definition) is 1. The number of ketones is 1. The van der Waals surface area contributed by atoms with Crippen molar-refractivity contribution in [1.29, 1.82) is 0 Å². The molecule has 0 N–H and O–H groups in total. The number of Topliss-reactive ketones (excluding diaryl/α,β-unsaturated/α-hetero) is 1. The van der Waals surface area contributed by atoms with Crippen LogP contribution in [0.15, 0.2) is 44.9 Å². The molecule has 0 atom stereocenters. The number of halogens is 2. The molecule has 1 nitrogen and oxygen atoms in total. The molecule has 2 aliphatic rings. The lowest BCUT2D eigenvalue weighted by atomic mass is 9.96. The predicted molar refractivity (Wildman–Crippen MR) is 72.1 cm³/mol. The SMILES string of the molecule is O=C1C(Br)=CC=C2C1=Cc1ccc(Br)cc12. The van der Waals surface area contributed by atoms with Gasteiger partial charge in [0.1, 0.15) is 0 Å². The Bertz CT molecular complexity index is 606. The Labute approximate surface area is 110 Å². The van der Waals surface area contributed by atoms with Crippen LogP contribution in [0.2, 0.25) is 0 Å². The van der Waals surface area contributed by atoms with Crippen LogP contribution in [0.25, 0.3) is 11.6 Å². The van der Waals surface area contributed by atoms with E-state index in [-0.39, 0.29) is 5.78 Å². The van der Waals surface area contributed by atoms with E-state index in [1.54, 1.807) is 0 Å². The van der Waals surface area contributed by atoms with E-state index in [9.17, 15) is 4.79 Å². The van der Waals surface area contributed by atoms with Crippen molar-refractivity contribution in [2.75, 3.05) is 0 Å². The third-order valence-electron chi connectivity index (χ3n) is 2.75. The quantitative estimate of drug-likeness (QED) is 0.696. The van der Waals surface area contributed by atoms with Crippen LogP contribution in [-0.2, 0) is 4.79 Å². The molecular weight excluding hydrogens is 332 g/mol. The summed E-state index contributed by atoms with van der Waals surface area (Å²) in [5.74, 6) is 0.0600. The molecule has 0 spiro atoms. The van der Waals surface area contributed by atoms with Gasteiger partial charge >= 0.3 is 0 Å². The van der Waals surface area contributed by atoms with E-state index in [4.69, 9.17) is 0 Å². The van der Waals surface area contributed by atoms with Crippen LogP contribution in [-0.4, -0.2) is 5.78 Å². The molecular formula is C13H6Br2O. The van der Waals surface area contributed by atoms with Crippen molar-refractivity contribution < 1.29 is 4.79 Å². The van der Waals surface area contributed by atoms with Crippen LogP contribution in [0, 0.1) is 0 Å². The molecule has 0 aromatic heterocycles. The zero-order valence-electron chi connectivity index (χ0n) is 8.13. The lowest BCUT2D eigenvalue weighted by Crippen LogP contribution is -2.04. The topological polar surface area (TPSA) is 17.1 Å². The zero-order valence-corrected chi connectivity index (χ0v) is 11.3. The minimum Gasteiger partial charge on any atom is -0.288 e. The molecule has 0 amide bonds. The first-order chi connectivity index (χ1) is 7.66. The van der Waals surface area contributed by atoms with Crippen LogP contribution >= 0.6 is 31.9 Å². The van der Waals surface area contributed by atoms with Crippen LogP contribution in [0.5, 0.6) is 0 Å². The number of hydrogen-bond donors (Lipinski definition) is 0. The first-order valence-electron chi connectivity index (χ1n) is 4.81. The first-order valence-corrected chi connectivity index (χ1v) is 6.39. The van der Waals surface area contributed by atoms with Gasteiger partial charge in [-0.15, -0.1) is 0 Å². The third kappa shape index (κ3) is 1.39. The highest BCUT2D eigenvalue weighted by Crippen LogP contribution is 2.41. The summed E-state index contributed by atoms with van der Waals surface area (Å²) in [5.41, 5.74) is 4.02. The number of allylic oxidation sites excluding steroid dienone is 5. The lowest BCUT2D eigenvalue weighted by molar-refractivity contribution is -0.111. The Morgan fingerprint density at radius 2 is 1.81 bits per heavy atom. The van der Waals surface area contributed by atoms with E-state index in [1.807, 2.05) is 36.4 Å². The molecule has 1 aromatic rings. The maximum Gasteiger partial charge on any atom is 0.200 e. The van der Waals surface area contributed by atoms with E-state index >= 15 is 0 Å². The van der Waals surface area contributed by atoms with E-state index in [0.717, 1.165) is 26.7 Å². The number of carbonyl (C=O) groups is 1. The second kappa shape index (κ2) is 3.54. The van der Waals surface area contributed by atoms with Crippen molar-refractivity contribution in [2.24, 2.45) is 0 Å². The molecule has 0 heterocycles. The predicted octanol–water partition coefficient (Wildman–Crippen LogP) is 4.09. The number of carbonyl (C=O) groups excluding carboxylic acids is 1. The maximum atomic E-state index is 11.9. The maximum absolute atomic E-state index is 11.9. The van der Waals surface area contributed by atoms with E-state index in [2.05, 4.69) is 31.9 Å². The van der Waals surface area contributed by atoms with Crippen molar-refractivity contribution in [1.82, 2.24) is 0 Å². The van der Waals surface area contributed by atoms with Gasteiger partial charge in [0.15, 0.2) is 0 Å². The average Bonchev–Trinajstić information content (AvgIpc) is 2.62. The molecule has 1 aromatic carbocycles. The van der Waals surface area contributed by atoms with Gasteiger partial charge in [0, 0.05) is 10.0 Å². The Hall–Kier alpha value is -0.930. The van der Waals surface area contributed by atoms with Gasteiger partial charge in [-0.3, -0.25) is 4.79 Å². The Morgan fingerprint density at radius 1 is 1.00 bits per heavy atom. The second-order valence-corrected chi connectivity index (χ2v) is 5.48. The van der Waals surface area contributed by atoms with Gasteiger partial charge < -0.3 is 0 Å². The van der Waals surface area contributed by atoms with Gasteiger partial charge in [-0.1, -0.05) is 28.1 Å². The number of rotatable bonds is 0. The molecule has 3 rings (SSSR count). The summed E-state index contributed by atoms with van der Waals surface area (Å²) >= 11 is 6.71. The third-order valence-corrected chi connectivity index (χ3v) is 3.87. The van der Waals surface area contributed by atoms with Gasteiger partial charge in [0.25, 0.3) is 0 Å². The van der Waals surface area contributed by atoms with Crippen molar-refractivity contribution in [3.05, 3.63) is 56.0 Å². The molecule has 0 bridgehead atoms. The molecule has 0 saturated carbocycles. The normalized spacial score (nSPS) is 17.4. The fraction of sp³-hybridized carbons (Fsp3) is 0. The van der Waals surface area contributed by atoms with Gasteiger partial charge in [-0.05, 0) is 56.9 Å². The van der Waals surface area contributed by atoms with E-state index in [0.29, 0.717) is 4.48 Å². The average molecular weight is 338 g/mol. The lowest BCUT2D eigenvalue weighted by Gasteiger charge is -2.10. The Kier molecular flexibility index (Phi) is 2.26. The minimum absolute atomic E-state index is 0.0600. The molecule has 0 radical (unpaired) electrons. The Balaban J connectivity index is 2.25. The molecule has 16 heavy (non-hydrogen) atoms. The van der Waals surface area contributed by atoms with Gasteiger partial charge in [0.05, 0.1) is 4.48 Å². The van der Waals surface area contributed by atoms with Crippen LogP contribution in [0.4, 0.5) is 0 Å². The zero-order chi connectivity index (χ0) is 11.3. The van der Waals surface area contributed by atoms with Crippen molar-refractivity contribution in [2.45, 2.75) is 0 Å². The van der Waals surface area contributed by atoms with Crippen molar-refractivity contribution >= 4 is 49.3 Å². The van der Waals surface area contributed by atoms with E-state index in [1.165, 1.54) is 0 Å². The number of fused-ring (bicyclic) bond motifs is 3. The molecule has 3 heteroatoms. The molecule has 2 aliphatic carbocycles. The summed E-state index contributed by atoms with van der Waals surface area (Å²) in [5, 5.41) is 0. The summed E-state index contributed by atoms with van der Waals surface area (Å²) in [6, 6.07) is 6.05. The molecule has 0 unspecified atom stereocenters. The fourth-order valence-corrected chi connectivity index (χ4v) is 2.70. The number of benzene rings is 1.